The number of aromatic nitrogens is 1. The maximum atomic E-state index is 10.7. The SMILES string of the molecule is CCc1nc(-c2ccc(C)cc2)sc1CCC(=O)O. The molecule has 2 rings (SSSR count). The monoisotopic (exact) mass is 275 g/mol. The zero-order valence-electron chi connectivity index (χ0n) is 11.1. The highest BCUT2D eigenvalue weighted by molar-refractivity contribution is 7.15. The first kappa shape index (κ1) is 13.7. The van der Waals surface area contributed by atoms with Gasteiger partial charge in [-0.25, -0.2) is 4.98 Å². The van der Waals surface area contributed by atoms with E-state index in [0.717, 1.165) is 27.6 Å². The van der Waals surface area contributed by atoms with Crippen molar-refractivity contribution in [3.63, 3.8) is 0 Å². The van der Waals surface area contributed by atoms with Crippen LogP contribution in [0, 0.1) is 6.92 Å². The minimum absolute atomic E-state index is 0.169. The van der Waals surface area contributed by atoms with E-state index < -0.39 is 5.97 Å². The van der Waals surface area contributed by atoms with E-state index in [1.807, 2.05) is 0 Å². The van der Waals surface area contributed by atoms with Gasteiger partial charge in [-0.3, -0.25) is 4.79 Å². The fourth-order valence-corrected chi connectivity index (χ4v) is 3.05. The van der Waals surface area contributed by atoms with E-state index in [1.165, 1.54) is 5.56 Å². The number of hydrogen-bond acceptors (Lipinski definition) is 3. The summed E-state index contributed by atoms with van der Waals surface area (Å²) in [5, 5.41) is 9.76. The van der Waals surface area contributed by atoms with Crippen molar-refractivity contribution < 1.29 is 9.90 Å². The zero-order valence-corrected chi connectivity index (χ0v) is 12.0. The maximum absolute atomic E-state index is 10.7. The number of aliphatic carboxylic acids is 1. The Balaban J connectivity index is 2.27. The average Bonchev–Trinajstić information content (AvgIpc) is 2.80. The fourth-order valence-electron chi connectivity index (χ4n) is 1.89. The molecular weight excluding hydrogens is 258 g/mol. The van der Waals surface area contributed by atoms with Crippen molar-refractivity contribution in [3.8, 4) is 10.6 Å². The van der Waals surface area contributed by atoms with Crippen molar-refractivity contribution in [1.29, 1.82) is 0 Å². The smallest absolute Gasteiger partial charge is 0.303 e. The fraction of sp³-hybridized carbons (Fsp3) is 0.333. The van der Waals surface area contributed by atoms with Crippen molar-refractivity contribution in [1.82, 2.24) is 4.98 Å². The Labute approximate surface area is 116 Å². The summed E-state index contributed by atoms with van der Waals surface area (Å²) in [5.41, 5.74) is 3.36. The van der Waals surface area contributed by atoms with Crippen LogP contribution in [0.25, 0.3) is 10.6 Å². The van der Waals surface area contributed by atoms with E-state index in [0.29, 0.717) is 6.42 Å². The number of carboxylic acids is 1. The second-order valence-electron chi connectivity index (χ2n) is 4.50. The molecule has 0 aliphatic heterocycles. The summed E-state index contributed by atoms with van der Waals surface area (Å²) in [6.07, 6.45) is 1.59. The number of hydrogen-bond donors (Lipinski definition) is 1. The van der Waals surface area contributed by atoms with E-state index in [1.54, 1.807) is 11.3 Å². The third-order valence-corrected chi connectivity index (χ3v) is 4.18. The van der Waals surface area contributed by atoms with Crippen molar-refractivity contribution in [2.75, 3.05) is 0 Å². The quantitative estimate of drug-likeness (QED) is 0.905. The van der Waals surface area contributed by atoms with Crippen LogP contribution in [0.15, 0.2) is 24.3 Å². The van der Waals surface area contributed by atoms with Gasteiger partial charge in [0.25, 0.3) is 0 Å². The van der Waals surface area contributed by atoms with Gasteiger partial charge in [0.2, 0.25) is 0 Å². The Hall–Kier alpha value is -1.68. The van der Waals surface area contributed by atoms with Crippen LogP contribution in [-0.4, -0.2) is 16.1 Å². The molecule has 0 unspecified atom stereocenters. The van der Waals surface area contributed by atoms with Crippen LogP contribution in [0.3, 0.4) is 0 Å². The molecule has 19 heavy (non-hydrogen) atoms. The molecule has 0 bridgehead atoms. The molecule has 1 N–H and O–H groups in total. The highest BCUT2D eigenvalue weighted by atomic mass is 32.1. The van der Waals surface area contributed by atoms with Crippen LogP contribution in [-0.2, 0) is 17.6 Å². The van der Waals surface area contributed by atoms with Crippen LogP contribution in [0.1, 0.15) is 29.5 Å². The van der Waals surface area contributed by atoms with E-state index in [-0.39, 0.29) is 6.42 Å². The summed E-state index contributed by atoms with van der Waals surface area (Å²) < 4.78 is 0. The highest BCUT2D eigenvalue weighted by Gasteiger charge is 2.12. The molecule has 1 heterocycles. The van der Waals surface area contributed by atoms with Gasteiger partial charge >= 0.3 is 5.97 Å². The number of carbonyl (C=O) groups is 1. The van der Waals surface area contributed by atoms with Crippen molar-refractivity contribution >= 4 is 17.3 Å². The molecule has 1 aromatic carbocycles. The minimum Gasteiger partial charge on any atom is -0.481 e. The predicted molar refractivity (Wildman–Crippen MR) is 77.6 cm³/mol. The van der Waals surface area contributed by atoms with Gasteiger partial charge in [0.1, 0.15) is 5.01 Å². The summed E-state index contributed by atoms with van der Waals surface area (Å²) in [5.74, 6) is -0.757. The minimum atomic E-state index is -0.757. The van der Waals surface area contributed by atoms with Crippen LogP contribution in [0.5, 0.6) is 0 Å². The molecule has 0 saturated carbocycles. The van der Waals surface area contributed by atoms with Crippen LogP contribution < -0.4 is 0 Å². The normalized spacial score (nSPS) is 10.6. The molecule has 0 fully saturated rings. The Morgan fingerprint density at radius 2 is 2.00 bits per heavy atom. The summed E-state index contributed by atoms with van der Waals surface area (Å²) in [4.78, 5) is 16.4. The number of thiazole rings is 1. The molecule has 100 valence electrons. The summed E-state index contributed by atoms with van der Waals surface area (Å²) in [6.45, 7) is 4.11. The Bertz CT molecular complexity index is 572. The highest BCUT2D eigenvalue weighted by Crippen LogP contribution is 2.29. The van der Waals surface area contributed by atoms with Gasteiger partial charge in [0.15, 0.2) is 0 Å². The van der Waals surface area contributed by atoms with Crippen molar-refractivity contribution in [2.24, 2.45) is 0 Å². The molecular formula is C15H17NO2S. The number of nitrogens with zero attached hydrogens (tertiary/aromatic N) is 1. The lowest BCUT2D eigenvalue weighted by Crippen LogP contribution is -1.98. The van der Waals surface area contributed by atoms with Crippen LogP contribution >= 0.6 is 11.3 Å². The largest absolute Gasteiger partial charge is 0.481 e. The van der Waals surface area contributed by atoms with Gasteiger partial charge in [-0.2, -0.15) is 0 Å². The first-order chi connectivity index (χ1) is 9.10. The Kier molecular flexibility index (Phi) is 4.32. The average molecular weight is 275 g/mol. The lowest BCUT2D eigenvalue weighted by atomic mass is 10.1. The van der Waals surface area contributed by atoms with Gasteiger partial charge in [-0.05, 0) is 19.8 Å². The Morgan fingerprint density at radius 3 is 2.58 bits per heavy atom. The molecule has 0 aliphatic carbocycles. The van der Waals surface area contributed by atoms with E-state index in [9.17, 15) is 4.79 Å². The number of benzene rings is 1. The van der Waals surface area contributed by atoms with Gasteiger partial charge < -0.3 is 5.11 Å². The van der Waals surface area contributed by atoms with E-state index in [2.05, 4.69) is 43.1 Å². The van der Waals surface area contributed by atoms with Gasteiger partial charge in [-0.1, -0.05) is 36.8 Å². The van der Waals surface area contributed by atoms with E-state index >= 15 is 0 Å². The second kappa shape index (κ2) is 5.97. The number of rotatable bonds is 5. The number of aryl methyl sites for hydroxylation is 3. The first-order valence-electron chi connectivity index (χ1n) is 6.37. The molecule has 2 aromatic rings. The van der Waals surface area contributed by atoms with Crippen LogP contribution in [0.4, 0.5) is 0 Å². The summed E-state index contributed by atoms with van der Waals surface area (Å²) >= 11 is 1.61. The lowest BCUT2D eigenvalue weighted by Gasteiger charge is -1.96. The molecule has 0 atom stereocenters. The maximum Gasteiger partial charge on any atom is 0.303 e. The van der Waals surface area contributed by atoms with Gasteiger partial charge in [-0.15, -0.1) is 11.3 Å². The second-order valence-corrected chi connectivity index (χ2v) is 5.59. The molecule has 0 saturated heterocycles. The lowest BCUT2D eigenvalue weighted by molar-refractivity contribution is -0.136. The van der Waals surface area contributed by atoms with Gasteiger partial charge in [0, 0.05) is 10.4 Å². The standard InChI is InChI=1S/C15H17NO2S/c1-3-12-13(8-9-14(17)18)19-15(16-12)11-6-4-10(2)5-7-11/h4-7H,3,8-9H2,1-2H3,(H,17,18). The predicted octanol–water partition coefficient (Wildman–Crippen LogP) is 3.70. The molecule has 1 aromatic heterocycles. The third kappa shape index (κ3) is 3.41. The topological polar surface area (TPSA) is 50.2 Å². The molecule has 4 heteroatoms. The first-order valence-corrected chi connectivity index (χ1v) is 7.19. The molecule has 0 radical (unpaired) electrons. The van der Waals surface area contributed by atoms with Crippen molar-refractivity contribution in [3.05, 3.63) is 40.4 Å². The zero-order chi connectivity index (χ0) is 13.8. The summed E-state index contributed by atoms with van der Waals surface area (Å²) in [6, 6.07) is 8.27. The van der Waals surface area contributed by atoms with Gasteiger partial charge in [0.05, 0.1) is 12.1 Å². The molecule has 0 spiro atoms. The van der Waals surface area contributed by atoms with Crippen molar-refractivity contribution in [2.45, 2.75) is 33.1 Å². The molecule has 3 nitrogen and oxygen atoms in total. The number of carboxylic acid groups (broad SMARTS) is 1. The summed E-state index contributed by atoms with van der Waals surface area (Å²) in [7, 11) is 0. The third-order valence-electron chi connectivity index (χ3n) is 2.98. The van der Waals surface area contributed by atoms with E-state index in [4.69, 9.17) is 5.11 Å². The molecule has 0 amide bonds. The molecule has 0 aliphatic rings. The van der Waals surface area contributed by atoms with Crippen LogP contribution in [0.2, 0.25) is 0 Å². The Morgan fingerprint density at radius 1 is 1.32 bits per heavy atom.